The Kier molecular flexibility index (Phi) is 4.28. The zero-order chi connectivity index (χ0) is 16.4. The maximum absolute atomic E-state index is 4.43. The van der Waals surface area contributed by atoms with Gasteiger partial charge in [-0.2, -0.15) is 5.10 Å². The Balaban J connectivity index is 2.01. The summed E-state index contributed by atoms with van der Waals surface area (Å²) in [4.78, 5) is 8.80. The van der Waals surface area contributed by atoms with Gasteiger partial charge in [0.05, 0.1) is 11.2 Å². The molecule has 0 aliphatic carbocycles. The number of nitrogens with one attached hydrogen (secondary N) is 2. The normalized spacial score (nSPS) is 11.3. The molecule has 23 heavy (non-hydrogen) atoms. The molecule has 0 radical (unpaired) electrons. The molecule has 120 valence electrons. The number of rotatable bonds is 5. The van der Waals surface area contributed by atoms with Gasteiger partial charge in [0, 0.05) is 23.2 Å². The standard InChI is InChI=1S/C18H23N5/c1-11(2)7-8-19-18-15-9-14(5-6-16(15)20-10-21-18)17-12(3)22-23-13(17)4/h5-6,9-11H,7-8H2,1-4H3,(H,22,23)(H,19,20,21). The minimum absolute atomic E-state index is 0.669. The van der Waals surface area contributed by atoms with Crippen LogP contribution in [0.4, 0.5) is 5.82 Å². The van der Waals surface area contributed by atoms with Crippen molar-refractivity contribution in [3.63, 3.8) is 0 Å². The van der Waals surface area contributed by atoms with Crippen molar-refractivity contribution in [2.75, 3.05) is 11.9 Å². The third kappa shape index (κ3) is 3.18. The van der Waals surface area contributed by atoms with Crippen LogP contribution >= 0.6 is 0 Å². The van der Waals surface area contributed by atoms with Gasteiger partial charge in [0.1, 0.15) is 12.1 Å². The molecule has 0 saturated carbocycles. The summed E-state index contributed by atoms with van der Waals surface area (Å²) in [6.07, 6.45) is 2.74. The fraction of sp³-hybridized carbons (Fsp3) is 0.389. The Morgan fingerprint density at radius 1 is 1.17 bits per heavy atom. The molecule has 0 unspecified atom stereocenters. The van der Waals surface area contributed by atoms with E-state index in [0.717, 1.165) is 52.2 Å². The van der Waals surface area contributed by atoms with Crippen LogP contribution in [0.2, 0.25) is 0 Å². The van der Waals surface area contributed by atoms with E-state index in [1.54, 1.807) is 6.33 Å². The average Bonchev–Trinajstić information content (AvgIpc) is 2.86. The molecule has 2 N–H and O–H groups in total. The van der Waals surface area contributed by atoms with Crippen molar-refractivity contribution in [2.24, 2.45) is 5.92 Å². The Morgan fingerprint density at radius 3 is 2.70 bits per heavy atom. The molecule has 5 heteroatoms. The first-order chi connectivity index (χ1) is 11.1. The van der Waals surface area contributed by atoms with E-state index in [1.807, 2.05) is 19.9 Å². The van der Waals surface area contributed by atoms with Crippen molar-refractivity contribution >= 4 is 16.7 Å². The van der Waals surface area contributed by atoms with E-state index < -0.39 is 0 Å². The van der Waals surface area contributed by atoms with Crippen LogP contribution in [0.15, 0.2) is 24.5 Å². The molecular weight excluding hydrogens is 286 g/mol. The van der Waals surface area contributed by atoms with E-state index >= 15 is 0 Å². The molecule has 5 nitrogen and oxygen atoms in total. The summed E-state index contributed by atoms with van der Waals surface area (Å²) in [5.74, 6) is 1.57. The lowest BCUT2D eigenvalue weighted by Crippen LogP contribution is -2.06. The van der Waals surface area contributed by atoms with Gasteiger partial charge in [0.2, 0.25) is 0 Å². The highest BCUT2D eigenvalue weighted by Crippen LogP contribution is 2.30. The third-order valence-corrected chi connectivity index (χ3v) is 4.07. The lowest BCUT2D eigenvalue weighted by molar-refractivity contribution is 0.607. The largest absolute Gasteiger partial charge is 0.369 e. The first kappa shape index (κ1) is 15.5. The summed E-state index contributed by atoms with van der Waals surface area (Å²) in [6, 6.07) is 6.29. The summed E-state index contributed by atoms with van der Waals surface area (Å²) in [6.45, 7) is 9.43. The Morgan fingerprint density at radius 2 is 2.00 bits per heavy atom. The Labute approximate surface area is 136 Å². The molecule has 0 spiro atoms. The van der Waals surface area contributed by atoms with Gasteiger partial charge in [-0.3, -0.25) is 5.10 Å². The second kappa shape index (κ2) is 6.36. The predicted octanol–water partition coefficient (Wildman–Crippen LogP) is 4.09. The minimum Gasteiger partial charge on any atom is -0.369 e. The van der Waals surface area contributed by atoms with Crippen LogP contribution in [-0.2, 0) is 0 Å². The van der Waals surface area contributed by atoms with Gasteiger partial charge in [-0.05, 0) is 43.9 Å². The number of hydrogen-bond acceptors (Lipinski definition) is 4. The summed E-state index contributed by atoms with van der Waals surface area (Å²) in [5.41, 5.74) is 5.34. The van der Waals surface area contributed by atoms with Crippen molar-refractivity contribution in [3.05, 3.63) is 35.9 Å². The zero-order valence-electron chi connectivity index (χ0n) is 14.1. The van der Waals surface area contributed by atoms with Crippen LogP contribution in [0, 0.1) is 19.8 Å². The first-order valence-corrected chi connectivity index (χ1v) is 8.07. The van der Waals surface area contributed by atoms with E-state index in [0.29, 0.717) is 5.92 Å². The molecule has 0 amide bonds. The molecule has 3 rings (SSSR count). The number of benzene rings is 1. The van der Waals surface area contributed by atoms with Gasteiger partial charge in [-0.25, -0.2) is 9.97 Å². The van der Waals surface area contributed by atoms with Gasteiger partial charge < -0.3 is 5.32 Å². The molecule has 2 heterocycles. The molecule has 0 saturated heterocycles. The summed E-state index contributed by atoms with van der Waals surface area (Å²) in [5, 5.41) is 11.8. The van der Waals surface area contributed by atoms with Crippen LogP contribution in [0.5, 0.6) is 0 Å². The second-order valence-electron chi connectivity index (χ2n) is 6.37. The van der Waals surface area contributed by atoms with Gasteiger partial charge >= 0.3 is 0 Å². The van der Waals surface area contributed by atoms with Crippen molar-refractivity contribution in [1.29, 1.82) is 0 Å². The van der Waals surface area contributed by atoms with Gasteiger partial charge in [-0.1, -0.05) is 19.9 Å². The van der Waals surface area contributed by atoms with E-state index in [9.17, 15) is 0 Å². The Bertz CT molecular complexity index is 800. The van der Waals surface area contributed by atoms with Crippen molar-refractivity contribution < 1.29 is 0 Å². The van der Waals surface area contributed by atoms with Crippen LogP contribution in [0.25, 0.3) is 22.0 Å². The highest BCUT2D eigenvalue weighted by Gasteiger charge is 2.11. The van der Waals surface area contributed by atoms with E-state index in [-0.39, 0.29) is 0 Å². The number of H-pyrrole nitrogens is 1. The number of aromatic nitrogens is 4. The van der Waals surface area contributed by atoms with E-state index in [2.05, 4.69) is 51.5 Å². The highest BCUT2D eigenvalue weighted by atomic mass is 15.1. The number of aryl methyl sites for hydroxylation is 2. The fourth-order valence-corrected chi connectivity index (χ4v) is 2.81. The van der Waals surface area contributed by atoms with Crippen molar-refractivity contribution in [1.82, 2.24) is 20.2 Å². The van der Waals surface area contributed by atoms with Gasteiger partial charge in [0.15, 0.2) is 0 Å². The molecule has 2 aromatic heterocycles. The molecule has 0 aliphatic rings. The van der Waals surface area contributed by atoms with E-state index in [4.69, 9.17) is 0 Å². The topological polar surface area (TPSA) is 66.5 Å². The molecular formula is C18H23N5. The van der Waals surface area contributed by atoms with Crippen LogP contribution < -0.4 is 5.32 Å². The van der Waals surface area contributed by atoms with Crippen LogP contribution in [0.3, 0.4) is 0 Å². The molecule has 0 atom stereocenters. The highest BCUT2D eigenvalue weighted by molar-refractivity contribution is 5.92. The predicted molar refractivity (Wildman–Crippen MR) is 94.5 cm³/mol. The SMILES string of the molecule is Cc1n[nH]c(C)c1-c1ccc2ncnc(NCCC(C)C)c2c1. The number of aromatic amines is 1. The monoisotopic (exact) mass is 309 g/mol. The number of hydrogen-bond donors (Lipinski definition) is 2. The third-order valence-electron chi connectivity index (χ3n) is 4.07. The fourth-order valence-electron chi connectivity index (χ4n) is 2.81. The number of nitrogens with zero attached hydrogens (tertiary/aromatic N) is 3. The zero-order valence-corrected chi connectivity index (χ0v) is 14.1. The molecule has 0 bridgehead atoms. The Hall–Kier alpha value is -2.43. The second-order valence-corrected chi connectivity index (χ2v) is 6.37. The van der Waals surface area contributed by atoms with Crippen molar-refractivity contribution in [2.45, 2.75) is 34.1 Å². The maximum Gasteiger partial charge on any atom is 0.137 e. The molecule has 3 aromatic rings. The number of fused-ring (bicyclic) bond motifs is 1. The number of anilines is 1. The van der Waals surface area contributed by atoms with Crippen LogP contribution in [0.1, 0.15) is 31.7 Å². The molecule has 1 aromatic carbocycles. The van der Waals surface area contributed by atoms with Crippen molar-refractivity contribution in [3.8, 4) is 11.1 Å². The van der Waals surface area contributed by atoms with Gasteiger partial charge in [0.25, 0.3) is 0 Å². The molecule has 0 fully saturated rings. The average molecular weight is 309 g/mol. The minimum atomic E-state index is 0.669. The summed E-state index contributed by atoms with van der Waals surface area (Å²) >= 11 is 0. The first-order valence-electron chi connectivity index (χ1n) is 8.07. The van der Waals surface area contributed by atoms with E-state index in [1.165, 1.54) is 0 Å². The van der Waals surface area contributed by atoms with Gasteiger partial charge in [-0.15, -0.1) is 0 Å². The lowest BCUT2D eigenvalue weighted by Gasteiger charge is -2.11. The lowest BCUT2D eigenvalue weighted by atomic mass is 10.0. The van der Waals surface area contributed by atoms with Crippen LogP contribution in [-0.4, -0.2) is 26.7 Å². The summed E-state index contributed by atoms with van der Waals surface area (Å²) < 4.78 is 0. The summed E-state index contributed by atoms with van der Waals surface area (Å²) in [7, 11) is 0. The quantitative estimate of drug-likeness (QED) is 0.745. The smallest absolute Gasteiger partial charge is 0.137 e. The maximum atomic E-state index is 4.43. The molecule has 0 aliphatic heterocycles.